The van der Waals surface area contributed by atoms with E-state index in [0.717, 1.165) is 15.3 Å². The summed E-state index contributed by atoms with van der Waals surface area (Å²) in [6.45, 7) is 6.98. The number of aryl methyl sites for hydroxylation is 1. The highest BCUT2D eigenvalue weighted by atomic mass is 19.1. The normalized spacial score (nSPS) is 12.9. The van der Waals surface area contributed by atoms with E-state index in [9.17, 15) is 18.8 Å². The number of nitrogens with one attached hydrogen (secondary N) is 1. The van der Waals surface area contributed by atoms with Crippen LogP contribution in [0.4, 0.5) is 4.39 Å². The second-order valence-corrected chi connectivity index (χ2v) is 7.52. The fourth-order valence-corrected chi connectivity index (χ4v) is 3.13. The van der Waals surface area contributed by atoms with E-state index < -0.39 is 34.7 Å². The van der Waals surface area contributed by atoms with Gasteiger partial charge in [-0.2, -0.15) is 9.78 Å². The van der Waals surface area contributed by atoms with Crippen LogP contribution in [0.3, 0.4) is 0 Å². The van der Waals surface area contributed by atoms with Gasteiger partial charge in [-0.15, -0.1) is 0 Å². The predicted octanol–water partition coefficient (Wildman–Crippen LogP) is 2.98. The molecule has 2 atom stereocenters. The Morgan fingerprint density at radius 1 is 1.13 bits per heavy atom. The van der Waals surface area contributed by atoms with Gasteiger partial charge < -0.3 is 5.32 Å². The number of benzene rings is 2. The Labute approximate surface area is 179 Å². The molecule has 0 spiro atoms. The standard InChI is InChI=1S/C23H25FN4O3/c1-5-15(3)25-21(29)20-22(30)27(16(4)17-9-7-6-8-10-17)23(31)28(26-20)18-12-11-14(2)19(24)13-18/h6-13,15-16H,5H2,1-4H3,(H,25,29)/t15-,16-/m0/s1. The van der Waals surface area contributed by atoms with E-state index in [1.165, 1.54) is 12.1 Å². The van der Waals surface area contributed by atoms with Gasteiger partial charge in [-0.05, 0) is 44.4 Å². The average molecular weight is 424 g/mol. The number of carbonyl (C=O) groups excluding carboxylic acids is 1. The number of halogens is 1. The smallest absolute Gasteiger partial charge is 0.348 e. The Morgan fingerprint density at radius 2 is 1.81 bits per heavy atom. The van der Waals surface area contributed by atoms with Gasteiger partial charge in [-0.1, -0.05) is 43.3 Å². The van der Waals surface area contributed by atoms with Gasteiger partial charge in [0.2, 0.25) is 5.69 Å². The van der Waals surface area contributed by atoms with Crippen molar-refractivity contribution in [1.29, 1.82) is 0 Å². The Bertz CT molecular complexity index is 1220. The molecule has 0 aliphatic heterocycles. The molecule has 31 heavy (non-hydrogen) atoms. The van der Waals surface area contributed by atoms with Crippen LogP contribution in [0.2, 0.25) is 0 Å². The maximum absolute atomic E-state index is 14.2. The van der Waals surface area contributed by atoms with Crippen LogP contribution < -0.4 is 16.6 Å². The van der Waals surface area contributed by atoms with Crippen LogP contribution in [0, 0.1) is 12.7 Å². The molecule has 0 radical (unpaired) electrons. The summed E-state index contributed by atoms with van der Waals surface area (Å²) < 4.78 is 16.1. The highest BCUT2D eigenvalue weighted by Crippen LogP contribution is 2.15. The van der Waals surface area contributed by atoms with Crippen molar-refractivity contribution in [3.05, 3.63) is 92.0 Å². The highest BCUT2D eigenvalue weighted by molar-refractivity contribution is 5.92. The van der Waals surface area contributed by atoms with Gasteiger partial charge in [0.15, 0.2) is 0 Å². The van der Waals surface area contributed by atoms with E-state index in [0.29, 0.717) is 17.5 Å². The molecule has 1 N–H and O–H groups in total. The monoisotopic (exact) mass is 424 g/mol. The maximum atomic E-state index is 14.2. The number of rotatable bonds is 6. The van der Waals surface area contributed by atoms with Gasteiger partial charge >= 0.3 is 5.69 Å². The number of amides is 1. The molecule has 3 aromatic rings. The number of aromatic nitrogens is 3. The van der Waals surface area contributed by atoms with Gasteiger partial charge in [0.05, 0.1) is 11.7 Å². The van der Waals surface area contributed by atoms with Gasteiger partial charge in [-0.3, -0.25) is 9.59 Å². The summed E-state index contributed by atoms with van der Waals surface area (Å²) in [4.78, 5) is 39.2. The van der Waals surface area contributed by atoms with Crippen molar-refractivity contribution in [2.45, 2.75) is 46.2 Å². The van der Waals surface area contributed by atoms with Crippen molar-refractivity contribution < 1.29 is 9.18 Å². The molecular weight excluding hydrogens is 399 g/mol. The molecule has 7 nitrogen and oxygen atoms in total. The summed E-state index contributed by atoms with van der Waals surface area (Å²) >= 11 is 0. The first-order valence-corrected chi connectivity index (χ1v) is 10.1. The lowest BCUT2D eigenvalue weighted by Crippen LogP contribution is -2.48. The summed E-state index contributed by atoms with van der Waals surface area (Å²) in [5, 5.41) is 6.74. The van der Waals surface area contributed by atoms with Crippen LogP contribution in [0.25, 0.3) is 5.69 Å². The summed E-state index contributed by atoms with van der Waals surface area (Å²) in [6, 6.07) is 12.3. The Hall–Kier alpha value is -3.55. The zero-order valence-corrected chi connectivity index (χ0v) is 17.9. The average Bonchev–Trinajstić information content (AvgIpc) is 2.76. The molecule has 1 amide bonds. The van der Waals surface area contributed by atoms with Crippen LogP contribution >= 0.6 is 0 Å². The minimum Gasteiger partial charge on any atom is -0.348 e. The third kappa shape index (κ3) is 4.47. The first kappa shape index (κ1) is 22.1. The first-order valence-electron chi connectivity index (χ1n) is 10.1. The van der Waals surface area contributed by atoms with E-state index in [1.54, 1.807) is 45.0 Å². The van der Waals surface area contributed by atoms with Crippen LogP contribution in [0.15, 0.2) is 58.1 Å². The molecule has 0 aliphatic rings. The molecule has 1 aromatic heterocycles. The summed E-state index contributed by atoms with van der Waals surface area (Å²) in [5.74, 6) is -1.21. The maximum Gasteiger partial charge on any atom is 0.352 e. The van der Waals surface area contributed by atoms with Crippen LogP contribution in [-0.4, -0.2) is 26.3 Å². The van der Waals surface area contributed by atoms with Crippen molar-refractivity contribution >= 4 is 5.91 Å². The lowest BCUT2D eigenvalue weighted by atomic mass is 10.1. The number of hydrogen-bond donors (Lipinski definition) is 1. The number of nitrogens with zero attached hydrogens (tertiary/aromatic N) is 3. The highest BCUT2D eigenvalue weighted by Gasteiger charge is 2.24. The van der Waals surface area contributed by atoms with Crippen LogP contribution in [0.5, 0.6) is 0 Å². The van der Waals surface area contributed by atoms with Crippen molar-refractivity contribution in [1.82, 2.24) is 19.7 Å². The van der Waals surface area contributed by atoms with E-state index in [4.69, 9.17) is 0 Å². The molecule has 3 rings (SSSR count). The molecular formula is C23H25FN4O3. The van der Waals surface area contributed by atoms with Crippen molar-refractivity contribution in [2.24, 2.45) is 0 Å². The van der Waals surface area contributed by atoms with Gasteiger partial charge in [-0.25, -0.2) is 13.8 Å². The SMILES string of the molecule is CC[C@H](C)NC(=O)c1nn(-c2ccc(C)c(F)c2)c(=O)n([C@@H](C)c2ccccc2)c1=O. The number of carbonyl (C=O) groups is 1. The zero-order chi connectivity index (χ0) is 22.7. The Balaban J connectivity index is 2.27. The van der Waals surface area contributed by atoms with E-state index >= 15 is 0 Å². The second kappa shape index (κ2) is 9.07. The van der Waals surface area contributed by atoms with E-state index in [2.05, 4.69) is 10.4 Å². The molecule has 8 heteroatoms. The molecule has 0 bridgehead atoms. The van der Waals surface area contributed by atoms with Crippen molar-refractivity contribution in [3.8, 4) is 5.69 Å². The second-order valence-electron chi connectivity index (χ2n) is 7.52. The fourth-order valence-electron chi connectivity index (χ4n) is 3.13. The van der Waals surface area contributed by atoms with Crippen LogP contribution in [-0.2, 0) is 0 Å². The quantitative estimate of drug-likeness (QED) is 0.659. The molecule has 0 unspecified atom stereocenters. The molecule has 2 aromatic carbocycles. The minimum atomic E-state index is -0.800. The third-order valence-corrected chi connectivity index (χ3v) is 5.28. The molecule has 0 saturated carbocycles. The van der Waals surface area contributed by atoms with Gasteiger partial charge in [0.25, 0.3) is 11.5 Å². The fraction of sp³-hybridized carbons (Fsp3) is 0.304. The molecule has 0 saturated heterocycles. The lowest BCUT2D eigenvalue weighted by Gasteiger charge is -2.18. The minimum absolute atomic E-state index is 0.125. The third-order valence-electron chi connectivity index (χ3n) is 5.28. The zero-order valence-electron chi connectivity index (χ0n) is 17.9. The number of hydrogen-bond acceptors (Lipinski definition) is 4. The first-order chi connectivity index (χ1) is 14.7. The van der Waals surface area contributed by atoms with E-state index in [-0.39, 0.29) is 11.7 Å². The molecule has 162 valence electrons. The molecule has 1 heterocycles. The summed E-state index contributed by atoms with van der Waals surface area (Å²) in [5.41, 5.74) is -0.751. The topological polar surface area (TPSA) is 86.0 Å². The van der Waals surface area contributed by atoms with Crippen LogP contribution in [0.1, 0.15) is 54.8 Å². The summed E-state index contributed by atoms with van der Waals surface area (Å²) in [6.07, 6.45) is 0.656. The Kier molecular flexibility index (Phi) is 6.48. The largest absolute Gasteiger partial charge is 0.352 e. The molecule has 0 aliphatic carbocycles. The Morgan fingerprint density at radius 3 is 2.42 bits per heavy atom. The summed E-state index contributed by atoms with van der Waals surface area (Å²) in [7, 11) is 0. The van der Waals surface area contributed by atoms with Crippen molar-refractivity contribution in [3.63, 3.8) is 0 Å². The van der Waals surface area contributed by atoms with E-state index in [1.807, 2.05) is 13.0 Å². The van der Waals surface area contributed by atoms with Crippen molar-refractivity contribution in [2.75, 3.05) is 0 Å². The molecule has 0 fully saturated rings. The lowest BCUT2D eigenvalue weighted by molar-refractivity contribution is 0.0929. The van der Waals surface area contributed by atoms with Gasteiger partial charge in [0, 0.05) is 12.1 Å². The predicted molar refractivity (Wildman–Crippen MR) is 116 cm³/mol. The van der Waals surface area contributed by atoms with Gasteiger partial charge in [0.1, 0.15) is 5.82 Å².